The van der Waals surface area contributed by atoms with E-state index in [1.54, 1.807) is 0 Å². The SMILES string of the molecule is CCc1cccc([O][Zr]([O]c2cccc(CC)c2)([C]2=CC=CC2)[C]2=CC=CC2)c1. The van der Waals surface area contributed by atoms with E-state index in [-0.39, 0.29) is 0 Å². The first-order valence-corrected chi connectivity index (χ1v) is 15.0. The molecule has 2 aromatic rings. The molecule has 0 radical (unpaired) electrons. The Hall–Kier alpha value is -2.12. The van der Waals surface area contributed by atoms with Crippen LogP contribution in [0.3, 0.4) is 0 Å². The van der Waals surface area contributed by atoms with Crippen molar-refractivity contribution in [2.75, 3.05) is 0 Å². The Labute approximate surface area is 179 Å². The molecule has 148 valence electrons. The zero-order chi connectivity index (χ0) is 20.1. The Morgan fingerprint density at radius 2 is 1.21 bits per heavy atom. The third-order valence-corrected chi connectivity index (χ3v) is 14.1. The van der Waals surface area contributed by atoms with Gasteiger partial charge in [-0.05, 0) is 0 Å². The molecule has 0 heterocycles. The molecule has 3 heteroatoms. The van der Waals surface area contributed by atoms with Crippen LogP contribution in [0.15, 0.2) is 91.5 Å². The summed E-state index contributed by atoms with van der Waals surface area (Å²) in [6.07, 6.45) is 17.0. The quantitative estimate of drug-likeness (QED) is 0.422. The Kier molecular flexibility index (Phi) is 6.35. The molecule has 0 saturated heterocycles. The second kappa shape index (κ2) is 9.14. The summed E-state index contributed by atoms with van der Waals surface area (Å²) in [7, 11) is 0. The van der Waals surface area contributed by atoms with Gasteiger partial charge >= 0.3 is 180 Å². The molecule has 0 atom stereocenters. The summed E-state index contributed by atoms with van der Waals surface area (Å²) in [6, 6.07) is 17.0. The number of hydrogen-bond acceptors (Lipinski definition) is 2. The molecule has 0 unspecified atom stereocenters. The first kappa shape index (κ1) is 20.2. The molecule has 2 aliphatic carbocycles. The van der Waals surface area contributed by atoms with Crippen LogP contribution in [0.2, 0.25) is 0 Å². The van der Waals surface area contributed by atoms with Gasteiger partial charge in [0.1, 0.15) is 0 Å². The molecule has 2 aliphatic rings. The average molecular weight is 464 g/mol. The fourth-order valence-electron chi connectivity index (χ4n) is 3.86. The van der Waals surface area contributed by atoms with Gasteiger partial charge in [0.05, 0.1) is 0 Å². The summed E-state index contributed by atoms with van der Waals surface area (Å²) in [5.74, 6) is 1.85. The number of rotatable bonds is 8. The van der Waals surface area contributed by atoms with E-state index in [9.17, 15) is 0 Å². The summed E-state index contributed by atoms with van der Waals surface area (Å²) in [6.45, 7) is 4.35. The van der Waals surface area contributed by atoms with Crippen LogP contribution in [0.5, 0.6) is 11.5 Å². The molecule has 0 N–H and O–H groups in total. The summed E-state index contributed by atoms with van der Waals surface area (Å²) in [5, 5.41) is 0. The molecule has 0 fully saturated rings. The van der Waals surface area contributed by atoms with Gasteiger partial charge in [-0.1, -0.05) is 0 Å². The van der Waals surface area contributed by atoms with Crippen molar-refractivity contribution in [2.24, 2.45) is 0 Å². The van der Waals surface area contributed by atoms with Gasteiger partial charge < -0.3 is 0 Å². The van der Waals surface area contributed by atoms with Gasteiger partial charge in [0, 0.05) is 0 Å². The Morgan fingerprint density at radius 3 is 1.59 bits per heavy atom. The van der Waals surface area contributed by atoms with E-state index in [0.29, 0.717) is 0 Å². The maximum absolute atomic E-state index is 6.96. The van der Waals surface area contributed by atoms with Gasteiger partial charge in [-0.3, -0.25) is 0 Å². The van der Waals surface area contributed by atoms with Crippen LogP contribution in [0.25, 0.3) is 0 Å². The molecular formula is C26H28O2Zr. The third-order valence-electron chi connectivity index (χ3n) is 5.52. The molecule has 2 aromatic carbocycles. The number of hydrogen-bond donors (Lipinski definition) is 0. The van der Waals surface area contributed by atoms with Crippen molar-refractivity contribution in [3.63, 3.8) is 0 Å². The number of allylic oxidation sites excluding steroid dienone is 8. The van der Waals surface area contributed by atoms with Crippen LogP contribution in [0.1, 0.15) is 37.8 Å². The van der Waals surface area contributed by atoms with Crippen LogP contribution in [-0.4, -0.2) is 0 Å². The Morgan fingerprint density at radius 1 is 0.724 bits per heavy atom. The molecule has 0 bridgehead atoms. The van der Waals surface area contributed by atoms with Gasteiger partial charge in [-0.25, -0.2) is 0 Å². The molecule has 4 rings (SSSR count). The van der Waals surface area contributed by atoms with Crippen LogP contribution in [0, 0.1) is 0 Å². The normalized spacial score (nSPS) is 15.4. The Bertz CT molecular complexity index is 916. The summed E-state index contributed by atoms with van der Waals surface area (Å²) >= 11 is -3.87. The fourth-order valence-corrected chi connectivity index (χ4v) is 12.0. The summed E-state index contributed by atoms with van der Waals surface area (Å²) < 4.78 is 16.6. The molecule has 0 amide bonds. The third kappa shape index (κ3) is 4.41. The molecule has 29 heavy (non-hydrogen) atoms. The van der Waals surface area contributed by atoms with Crippen LogP contribution in [-0.2, 0) is 34.0 Å². The Balaban J connectivity index is 1.79. The molecule has 0 spiro atoms. The molecule has 0 aromatic heterocycles. The summed E-state index contributed by atoms with van der Waals surface area (Å²) in [4.78, 5) is 0. The second-order valence-corrected chi connectivity index (χ2v) is 14.7. The van der Waals surface area contributed by atoms with E-state index in [1.807, 2.05) is 0 Å². The summed E-state index contributed by atoms with van der Waals surface area (Å²) in [5.41, 5.74) is 2.57. The minimum absolute atomic E-state index is 0.911. The predicted molar refractivity (Wildman–Crippen MR) is 117 cm³/mol. The second-order valence-electron chi connectivity index (χ2n) is 7.47. The van der Waals surface area contributed by atoms with Gasteiger partial charge in [-0.2, -0.15) is 0 Å². The monoisotopic (exact) mass is 462 g/mol. The van der Waals surface area contributed by atoms with Crippen LogP contribution in [0.4, 0.5) is 0 Å². The van der Waals surface area contributed by atoms with E-state index >= 15 is 0 Å². The van der Waals surface area contributed by atoms with Crippen molar-refractivity contribution in [1.82, 2.24) is 0 Å². The molecule has 2 nitrogen and oxygen atoms in total. The van der Waals surface area contributed by atoms with Crippen molar-refractivity contribution in [3.8, 4) is 11.5 Å². The standard InChI is InChI=1S/2C8H10O.2C5H5.Zr/c2*1-2-7-4-3-5-8(9)6-7;2*1-2-4-5-3-1;/h2*3-6,9H,2H2,1H3;2*1-3H,4H2;/q;;;;+2/p-2. The number of benzene rings is 2. The van der Waals surface area contributed by atoms with Crippen molar-refractivity contribution >= 4 is 0 Å². The number of aryl methyl sites for hydroxylation is 2. The zero-order valence-electron chi connectivity index (χ0n) is 17.2. The molecular weight excluding hydrogens is 436 g/mol. The first-order chi connectivity index (χ1) is 14.2. The average Bonchev–Trinajstić information content (AvgIpc) is 3.48. The van der Waals surface area contributed by atoms with Gasteiger partial charge in [-0.15, -0.1) is 0 Å². The fraction of sp³-hybridized carbons (Fsp3) is 0.231. The first-order valence-electron chi connectivity index (χ1n) is 10.5. The molecule has 0 saturated carbocycles. The predicted octanol–water partition coefficient (Wildman–Crippen LogP) is 6.94. The van der Waals surface area contributed by atoms with Crippen molar-refractivity contribution in [2.45, 2.75) is 39.5 Å². The van der Waals surface area contributed by atoms with Crippen molar-refractivity contribution in [3.05, 3.63) is 103 Å². The molecule has 0 aliphatic heterocycles. The van der Waals surface area contributed by atoms with E-state index in [1.165, 1.54) is 17.7 Å². The van der Waals surface area contributed by atoms with Gasteiger partial charge in [0.2, 0.25) is 0 Å². The van der Waals surface area contributed by atoms with Gasteiger partial charge in [0.15, 0.2) is 0 Å². The maximum atomic E-state index is 6.96. The minimum atomic E-state index is -3.87. The van der Waals surface area contributed by atoms with Gasteiger partial charge in [0.25, 0.3) is 0 Å². The van der Waals surface area contributed by atoms with Crippen LogP contribution < -0.4 is 5.63 Å². The topological polar surface area (TPSA) is 18.5 Å². The van der Waals surface area contributed by atoms with E-state index < -0.39 is 21.1 Å². The van der Waals surface area contributed by atoms with Crippen LogP contribution >= 0.6 is 0 Å². The van der Waals surface area contributed by atoms with E-state index in [4.69, 9.17) is 5.63 Å². The van der Waals surface area contributed by atoms with Crippen molar-refractivity contribution in [1.29, 1.82) is 0 Å². The van der Waals surface area contributed by atoms with Crippen molar-refractivity contribution < 1.29 is 26.8 Å². The zero-order valence-corrected chi connectivity index (χ0v) is 19.7. The van der Waals surface area contributed by atoms with E-state index in [2.05, 4.69) is 98.8 Å². The van der Waals surface area contributed by atoms with E-state index in [0.717, 1.165) is 37.2 Å².